The van der Waals surface area contributed by atoms with E-state index in [1.54, 1.807) is 20.4 Å². The zero-order valence-electron chi connectivity index (χ0n) is 22.0. The van der Waals surface area contributed by atoms with Crippen LogP contribution < -0.4 is 14.9 Å². The van der Waals surface area contributed by atoms with E-state index in [4.69, 9.17) is 9.47 Å². The number of amides is 1. The van der Waals surface area contributed by atoms with Gasteiger partial charge in [-0.25, -0.2) is 5.43 Å². The van der Waals surface area contributed by atoms with E-state index in [1.165, 1.54) is 11.8 Å². The Morgan fingerprint density at radius 2 is 1.40 bits per heavy atom. The molecule has 200 valence electrons. The number of hydrogen-bond donors (Lipinski definition) is 1. The van der Waals surface area contributed by atoms with Crippen LogP contribution in [0.5, 0.6) is 11.5 Å². The zero-order chi connectivity index (χ0) is 27.7. The van der Waals surface area contributed by atoms with Crippen molar-refractivity contribution in [3.63, 3.8) is 0 Å². The standard InChI is InChI=1S/C31H27N5O3S/c1-38-27-16-12-25(13-17-27)30-34-35-31(36(30)26-14-18-28(39-2)19-15-26)40-21-29(37)33-32-20-22-8-10-24(11-9-22)23-6-4-3-5-7-23/h3-20H,21H2,1-2H3,(H,33,37). The first-order valence-corrected chi connectivity index (χ1v) is 13.5. The monoisotopic (exact) mass is 549 g/mol. The first kappa shape index (κ1) is 26.7. The molecular weight excluding hydrogens is 522 g/mol. The van der Waals surface area contributed by atoms with E-state index >= 15 is 0 Å². The highest BCUT2D eigenvalue weighted by Gasteiger charge is 2.17. The fourth-order valence-corrected chi connectivity index (χ4v) is 4.73. The maximum absolute atomic E-state index is 12.6. The summed E-state index contributed by atoms with van der Waals surface area (Å²) in [7, 11) is 3.25. The Hall–Kier alpha value is -4.89. The first-order valence-electron chi connectivity index (χ1n) is 12.5. The lowest BCUT2D eigenvalue weighted by Gasteiger charge is -2.11. The first-order chi connectivity index (χ1) is 19.6. The second-order valence-corrected chi connectivity index (χ2v) is 9.58. The molecule has 0 fully saturated rings. The molecule has 0 saturated carbocycles. The Balaban J connectivity index is 1.27. The molecule has 0 aliphatic heterocycles. The maximum Gasteiger partial charge on any atom is 0.250 e. The van der Waals surface area contributed by atoms with Crippen LogP contribution in [0.3, 0.4) is 0 Å². The highest BCUT2D eigenvalue weighted by Crippen LogP contribution is 2.30. The molecular formula is C31H27N5O3S. The minimum atomic E-state index is -0.252. The third-order valence-electron chi connectivity index (χ3n) is 6.07. The van der Waals surface area contributed by atoms with E-state index in [9.17, 15) is 4.79 Å². The summed E-state index contributed by atoms with van der Waals surface area (Å²) in [6.07, 6.45) is 1.62. The summed E-state index contributed by atoms with van der Waals surface area (Å²) >= 11 is 1.28. The Morgan fingerprint density at radius 1 is 0.800 bits per heavy atom. The summed E-state index contributed by atoms with van der Waals surface area (Å²) in [5.41, 5.74) is 7.45. The van der Waals surface area contributed by atoms with Crippen molar-refractivity contribution in [1.29, 1.82) is 0 Å². The number of thioether (sulfide) groups is 1. The van der Waals surface area contributed by atoms with Gasteiger partial charge in [-0.05, 0) is 65.2 Å². The SMILES string of the molecule is COc1ccc(-c2nnc(SCC(=O)NN=Cc3ccc(-c4ccccc4)cc3)n2-c2ccc(OC)cc2)cc1. The Kier molecular flexibility index (Phi) is 8.53. The second kappa shape index (κ2) is 12.8. The van der Waals surface area contributed by atoms with Crippen molar-refractivity contribution in [1.82, 2.24) is 20.2 Å². The van der Waals surface area contributed by atoms with Crippen LogP contribution in [0, 0.1) is 0 Å². The van der Waals surface area contributed by atoms with Gasteiger partial charge in [-0.1, -0.05) is 66.4 Å². The molecule has 1 heterocycles. The number of hydrogen-bond acceptors (Lipinski definition) is 7. The molecule has 5 aromatic rings. The number of benzene rings is 4. The summed E-state index contributed by atoms with van der Waals surface area (Å²) in [6.45, 7) is 0. The highest BCUT2D eigenvalue weighted by molar-refractivity contribution is 7.99. The summed E-state index contributed by atoms with van der Waals surface area (Å²) in [4.78, 5) is 12.6. The van der Waals surface area contributed by atoms with Gasteiger partial charge >= 0.3 is 0 Å². The number of methoxy groups -OCH3 is 2. The Labute approximate surface area is 236 Å². The second-order valence-electron chi connectivity index (χ2n) is 8.64. The third kappa shape index (κ3) is 6.39. The zero-order valence-corrected chi connectivity index (χ0v) is 22.8. The van der Waals surface area contributed by atoms with E-state index < -0.39 is 0 Å². The number of ether oxygens (including phenoxy) is 2. The quantitative estimate of drug-likeness (QED) is 0.133. The van der Waals surface area contributed by atoms with Gasteiger partial charge in [-0.3, -0.25) is 9.36 Å². The lowest BCUT2D eigenvalue weighted by atomic mass is 10.0. The van der Waals surface area contributed by atoms with Crippen LogP contribution in [0.1, 0.15) is 5.56 Å². The van der Waals surface area contributed by atoms with Crippen LogP contribution in [-0.4, -0.2) is 46.9 Å². The van der Waals surface area contributed by atoms with Crippen LogP contribution in [0.2, 0.25) is 0 Å². The number of rotatable bonds is 10. The van der Waals surface area contributed by atoms with Crippen molar-refractivity contribution >= 4 is 23.9 Å². The molecule has 4 aromatic carbocycles. The summed E-state index contributed by atoms with van der Waals surface area (Å²) in [5, 5.41) is 13.5. The van der Waals surface area contributed by atoms with E-state index in [0.717, 1.165) is 39.4 Å². The molecule has 0 bridgehead atoms. The van der Waals surface area contributed by atoms with Crippen molar-refractivity contribution in [3.05, 3.63) is 109 Å². The predicted octanol–water partition coefficient (Wildman–Crippen LogP) is 5.86. The largest absolute Gasteiger partial charge is 0.497 e. The summed E-state index contributed by atoms with van der Waals surface area (Å²) < 4.78 is 12.5. The fraction of sp³-hybridized carbons (Fsp3) is 0.0968. The van der Waals surface area contributed by atoms with Crippen molar-refractivity contribution in [3.8, 4) is 39.7 Å². The fourth-order valence-electron chi connectivity index (χ4n) is 3.99. The molecule has 0 spiro atoms. The molecule has 1 amide bonds. The van der Waals surface area contributed by atoms with Gasteiger partial charge in [0, 0.05) is 11.3 Å². The summed E-state index contributed by atoms with van der Waals surface area (Å²) in [6, 6.07) is 33.3. The van der Waals surface area contributed by atoms with Gasteiger partial charge in [-0.15, -0.1) is 10.2 Å². The van der Waals surface area contributed by atoms with Gasteiger partial charge in [0.2, 0.25) is 0 Å². The van der Waals surface area contributed by atoms with Crippen molar-refractivity contribution < 1.29 is 14.3 Å². The van der Waals surface area contributed by atoms with Gasteiger partial charge in [0.05, 0.1) is 26.2 Å². The topological polar surface area (TPSA) is 90.6 Å². The van der Waals surface area contributed by atoms with E-state index in [-0.39, 0.29) is 11.7 Å². The lowest BCUT2D eigenvalue weighted by Crippen LogP contribution is -2.20. The van der Waals surface area contributed by atoms with Gasteiger partial charge in [0.15, 0.2) is 11.0 Å². The van der Waals surface area contributed by atoms with Crippen LogP contribution >= 0.6 is 11.8 Å². The number of aromatic nitrogens is 3. The van der Waals surface area contributed by atoms with Crippen LogP contribution in [0.15, 0.2) is 113 Å². The van der Waals surface area contributed by atoms with Crippen molar-refractivity contribution in [2.45, 2.75) is 5.16 Å². The molecule has 5 rings (SSSR count). The average molecular weight is 550 g/mol. The molecule has 0 atom stereocenters. The molecule has 0 saturated heterocycles. The van der Waals surface area contributed by atoms with Crippen LogP contribution in [-0.2, 0) is 4.79 Å². The third-order valence-corrected chi connectivity index (χ3v) is 6.99. The smallest absolute Gasteiger partial charge is 0.250 e. The average Bonchev–Trinajstić information content (AvgIpc) is 3.45. The van der Waals surface area contributed by atoms with E-state index in [1.807, 2.05) is 95.6 Å². The maximum atomic E-state index is 12.6. The van der Waals surface area contributed by atoms with Gasteiger partial charge < -0.3 is 9.47 Å². The Morgan fingerprint density at radius 3 is 2.05 bits per heavy atom. The number of carbonyl (C=O) groups is 1. The van der Waals surface area contributed by atoms with Crippen LogP contribution in [0.4, 0.5) is 0 Å². The molecule has 0 unspecified atom stereocenters. The number of nitrogens with one attached hydrogen (secondary N) is 1. The molecule has 0 radical (unpaired) electrons. The van der Waals surface area contributed by atoms with Gasteiger partial charge in [-0.2, -0.15) is 5.10 Å². The Bertz CT molecular complexity index is 1580. The van der Waals surface area contributed by atoms with Gasteiger partial charge in [0.1, 0.15) is 11.5 Å². The molecule has 1 aromatic heterocycles. The van der Waals surface area contributed by atoms with Gasteiger partial charge in [0.25, 0.3) is 5.91 Å². The summed E-state index contributed by atoms with van der Waals surface area (Å²) in [5.74, 6) is 1.99. The van der Waals surface area contributed by atoms with Crippen LogP contribution in [0.25, 0.3) is 28.2 Å². The minimum Gasteiger partial charge on any atom is -0.497 e. The number of hydrazone groups is 1. The molecule has 0 aliphatic rings. The molecule has 8 nitrogen and oxygen atoms in total. The molecule has 1 N–H and O–H groups in total. The molecule has 40 heavy (non-hydrogen) atoms. The van der Waals surface area contributed by atoms with E-state index in [2.05, 4.69) is 32.9 Å². The number of nitrogens with zero attached hydrogens (tertiary/aromatic N) is 4. The minimum absolute atomic E-state index is 0.112. The van der Waals surface area contributed by atoms with E-state index in [0.29, 0.717) is 11.0 Å². The van der Waals surface area contributed by atoms with Crippen molar-refractivity contribution in [2.24, 2.45) is 5.10 Å². The normalized spacial score (nSPS) is 10.9. The highest BCUT2D eigenvalue weighted by atomic mass is 32.2. The lowest BCUT2D eigenvalue weighted by molar-refractivity contribution is -0.118. The molecule has 0 aliphatic carbocycles. The predicted molar refractivity (Wildman–Crippen MR) is 158 cm³/mol. The number of carbonyl (C=O) groups excluding carboxylic acids is 1. The molecule has 9 heteroatoms. The van der Waals surface area contributed by atoms with Crippen molar-refractivity contribution in [2.75, 3.05) is 20.0 Å².